The van der Waals surface area contributed by atoms with Crippen molar-refractivity contribution in [3.63, 3.8) is 0 Å². The van der Waals surface area contributed by atoms with Crippen LogP contribution in [0.5, 0.6) is 0 Å². The third-order valence-electron chi connectivity index (χ3n) is 1.79. The maximum atomic E-state index is 10.3. The van der Waals surface area contributed by atoms with Crippen LogP contribution < -0.4 is 0 Å². The number of carbonyl (C=O) groups is 2. The number of carboxylic acid groups (broad SMARTS) is 1. The standard InChI is InChI=1S/C8H6O3.C4H10/c9-5-6-1-3-7(4-2-6)8(10)11;1-3-4-2/h1-5H,(H,10,11);3-4H2,1-2H3. The Labute approximate surface area is 89.7 Å². The molecule has 1 N–H and O–H groups in total. The first kappa shape index (κ1) is 13.4. The number of carboxylic acids is 1. The molecule has 0 heterocycles. The van der Waals surface area contributed by atoms with Crippen molar-refractivity contribution in [1.29, 1.82) is 0 Å². The van der Waals surface area contributed by atoms with Crippen LogP contribution in [0.2, 0.25) is 0 Å². The molecule has 0 bridgehead atoms. The van der Waals surface area contributed by atoms with Crippen molar-refractivity contribution in [3.8, 4) is 0 Å². The lowest BCUT2D eigenvalue weighted by Gasteiger charge is -1.92. The van der Waals surface area contributed by atoms with Crippen molar-refractivity contribution in [2.45, 2.75) is 26.7 Å². The van der Waals surface area contributed by atoms with Gasteiger partial charge in [-0.25, -0.2) is 4.79 Å². The van der Waals surface area contributed by atoms with E-state index in [0.29, 0.717) is 11.8 Å². The summed E-state index contributed by atoms with van der Waals surface area (Å²) in [6, 6.07) is 5.73. The number of hydrogen-bond donors (Lipinski definition) is 1. The van der Waals surface area contributed by atoms with Crippen LogP contribution in [0.3, 0.4) is 0 Å². The Morgan fingerprint density at radius 1 is 1.20 bits per heavy atom. The fraction of sp³-hybridized carbons (Fsp3) is 0.333. The monoisotopic (exact) mass is 208 g/mol. The van der Waals surface area contributed by atoms with Gasteiger partial charge in [-0.15, -0.1) is 0 Å². The molecular weight excluding hydrogens is 192 g/mol. The molecule has 3 heteroatoms. The van der Waals surface area contributed by atoms with Gasteiger partial charge in [0.2, 0.25) is 0 Å². The summed E-state index contributed by atoms with van der Waals surface area (Å²) < 4.78 is 0. The first-order valence-corrected chi connectivity index (χ1v) is 4.94. The lowest BCUT2D eigenvalue weighted by molar-refractivity contribution is 0.0696. The molecular formula is C12H16O3. The Morgan fingerprint density at radius 3 is 1.93 bits per heavy atom. The van der Waals surface area contributed by atoms with Crippen LogP contribution in [0, 0.1) is 0 Å². The summed E-state index contributed by atoms with van der Waals surface area (Å²) in [5, 5.41) is 8.46. The second kappa shape index (κ2) is 7.74. The van der Waals surface area contributed by atoms with Crippen molar-refractivity contribution in [2.24, 2.45) is 0 Å². The highest BCUT2D eigenvalue weighted by Crippen LogP contribution is 2.01. The molecule has 0 aliphatic carbocycles. The lowest BCUT2D eigenvalue weighted by Crippen LogP contribution is -1.95. The van der Waals surface area contributed by atoms with Gasteiger partial charge >= 0.3 is 5.97 Å². The summed E-state index contributed by atoms with van der Waals surface area (Å²) in [4.78, 5) is 20.5. The summed E-state index contributed by atoms with van der Waals surface area (Å²) in [6.07, 6.45) is 3.31. The van der Waals surface area contributed by atoms with Gasteiger partial charge in [-0.3, -0.25) is 4.79 Å². The van der Waals surface area contributed by atoms with E-state index in [1.54, 1.807) is 0 Å². The van der Waals surface area contributed by atoms with E-state index in [1.807, 2.05) is 0 Å². The van der Waals surface area contributed by atoms with Crippen LogP contribution in [0.4, 0.5) is 0 Å². The molecule has 0 aliphatic rings. The van der Waals surface area contributed by atoms with Gasteiger partial charge in [0, 0.05) is 5.56 Å². The lowest BCUT2D eigenvalue weighted by atomic mass is 10.1. The second-order valence-electron chi connectivity index (χ2n) is 3.05. The van der Waals surface area contributed by atoms with E-state index in [0.717, 1.165) is 0 Å². The molecule has 0 aromatic heterocycles. The van der Waals surface area contributed by atoms with Crippen molar-refractivity contribution in [2.75, 3.05) is 0 Å². The first-order valence-electron chi connectivity index (χ1n) is 4.94. The quantitative estimate of drug-likeness (QED) is 0.777. The van der Waals surface area contributed by atoms with Gasteiger partial charge in [-0.1, -0.05) is 38.8 Å². The summed E-state index contributed by atoms with van der Waals surface area (Å²) in [5.74, 6) is -0.984. The number of benzene rings is 1. The molecule has 0 amide bonds. The Balaban J connectivity index is 0.000000423. The van der Waals surface area contributed by atoms with Gasteiger partial charge in [0.15, 0.2) is 0 Å². The first-order chi connectivity index (χ1) is 7.15. The Morgan fingerprint density at radius 2 is 1.67 bits per heavy atom. The van der Waals surface area contributed by atoms with E-state index in [2.05, 4.69) is 13.8 Å². The van der Waals surface area contributed by atoms with E-state index < -0.39 is 5.97 Å². The van der Waals surface area contributed by atoms with Gasteiger partial charge < -0.3 is 5.11 Å². The van der Waals surface area contributed by atoms with Crippen LogP contribution in [0.25, 0.3) is 0 Å². The van der Waals surface area contributed by atoms with Gasteiger partial charge in [0.1, 0.15) is 6.29 Å². The third kappa shape index (κ3) is 5.62. The van der Waals surface area contributed by atoms with Crippen molar-refractivity contribution in [1.82, 2.24) is 0 Å². The van der Waals surface area contributed by atoms with Crippen LogP contribution in [-0.4, -0.2) is 17.4 Å². The fourth-order valence-corrected chi connectivity index (χ4v) is 0.704. The highest BCUT2D eigenvalue weighted by Gasteiger charge is 1.99. The summed E-state index contributed by atoms with van der Waals surface area (Å²) in [6.45, 7) is 4.36. The van der Waals surface area contributed by atoms with E-state index in [4.69, 9.17) is 5.11 Å². The number of rotatable bonds is 3. The average Bonchev–Trinajstić information content (AvgIpc) is 2.29. The maximum absolute atomic E-state index is 10.3. The van der Waals surface area contributed by atoms with Crippen molar-refractivity contribution >= 4 is 12.3 Å². The molecule has 0 atom stereocenters. The molecule has 0 saturated heterocycles. The normalized spacial score (nSPS) is 8.67. The minimum absolute atomic E-state index is 0.190. The molecule has 82 valence electrons. The zero-order valence-corrected chi connectivity index (χ0v) is 9.06. The molecule has 3 nitrogen and oxygen atoms in total. The summed E-state index contributed by atoms with van der Waals surface area (Å²) >= 11 is 0. The minimum Gasteiger partial charge on any atom is -0.478 e. The van der Waals surface area contributed by atoms with Crippen LogP contribution in [-0.2, 0) is 0 Å². The molecule has 0 saturated carbocycles. The van der Waals surface area contributed by atoms with Crippen LogP contribution in [0.15, 0.2) is 24.3 Å². The molecule has 1 aromatic rings. The summed E-state index contributed by atoms with van der Waals surface area (Å²) in [5.41, 5.74) is 0.672. The van der Waals surface area contributed by atoms with Crippen LogP contribution in [0.1, 0.15) is 47.4 Å². The predicted octanol–water partition coefficient (Wildman–Crippen LogP) is 3.00. The molecule has 1 rings (SSSR count). The van der Waals surface area contributed by atoms with Gasteiger partial charge in [-0.05, 0) is 12.1 Å². The van der Waals surface area contributed by atoms with Gasteiger partial charge in [0.25, 0.3) is 0 Å². The number of aromatic carboxylic acids is 1. The molecule has 0 radical (unpaired) electrons. The maximum Gasteiger partial charge on any atom is 0.335 e. The predicted molar refractivity (Wildman–Crippen MR) is 59.4 cm³/mol. The van der Waals surface area contributed by atoms with E-state index >= 15 is 0 Å². The number of aldehydes is 1. The third-order valence-corrected chi connectivity index (χ3v) is 1.79. The van der Waals surface area contributed by atoms with E-state index in [9.17, 15) is 9.59 Å². The molecule has 1 aromatic carbocycles. The molecule has 0 spiro atoms. The fourth-order valence-electron chi connectivity index (χ4n) is 0.704. The van der Waals surface area contributed by atoms with Gasteiger partial charge in [-0.2, -0.15) is 0 Å². The van der Waals surface area contributed by atoms with Crippen molar-refractivity contribution < 1.29 is 14.7 Å². The average molecular weight is 208 g/mol. The smallest absolute Gasteiger partial charge is 0.335 e. The topological polar surface area (TPSA) is 54.4 Å². The number of unbranched alkanes of at least 4 members (excludes halogenated alkanes) is 1. The SMILES string of the molecule is CCCC.O=Cc1ccc(C(=O)O)cc1. The van der Waals surface area contributed by atoms with E-state index in [1.165, 1.54) is 37.1 Å². The second-order valence-corrected chi connectivity index (χ2v) is 3.05. The zero-order valence-electron chi connectivity index (χ0n) is 9.06. The molecule has 0 unspecified atom stereocenters. The Bertz CT molecular complexity index is 299. The van der Waals surface area contributed by atoms with Crippen LogP contribution >= 0.6 is 0 Å². The highest BCUT2D eigenvalue weighted by molar-refractivity contribution is 5.88. The Kier molecular flexibility index (Phi) is 6.89. The summed E-state index contributed by atoms with van der Waals surface area (Å²) in [7, 11) is 0. The molecule has 15 heavy (non-hydrogen) atoms. The zero-order chi connectivity index (χ0) is 11.7. The van der Waals surface area contributed by atoms with Crippen molar-refractivity contribution in [3.05, 3.63) is 35.4 Å². The largest absolute Gasteiger partial charge is 0.478 e. The number of carbonyl (C=O) groups excluding carboxylic acids is 1. The molecule has 0 fully saturated rings. The highest BCUT2D eigenvalue weighted by atomic mass is 16.4. The minimum atomic E-state index is -0.984. The Hall–Kier alpha value is -1.64. The number of hydrogen-bond acceptors (Lipinski definition) is 2. The van der Waals surface area contributed by atoms with E-state index in [-0.39, 0.29) is 5.56 Å². The van der Waals surface area contributed by atoms with Gasteiger partial charge in [0.05, 0.1) is 5.56 Å². The molecule has 0 aliphatic heterocycles.